The van der Waals surface area contributed by atoms with E-state index < -0.39 is 0 Å². The summed E-state index contributed by atoms with van der Waals surface area (Å²) in [6.07, 6.45) is 6.04. The van der Waals surface area contributed by atoms with E-state index in [1.807, 2.05) is 12.2 Å². The lowest BCUT2D eigenvalue weighted by molar-refractivity contribution is 1.44. The third-order valence-electron chi connectivity index (χ3n) is 8.19. The van der Waals surface area contributed by atoms with Crippen molar-refractivity contribution in [3.05, 3.63) is 163 Å². The molecule has 0 radical (unpaired) electrons. The third-order valence-corrected chi connectivity index (χ3v) is 8.19. The molecule has 7 aromatic rings. The van der Waals surface area contributed by atoms with E-state index in [0.717, 1.165) is 0 Å². The van der Waals surface area contributed by atoms with Crippen LogP contribution in [0.15, 0.2) is 152 Å². The third kappa shape index (κ3) is 4.35. The minimum Gasteiger partial charge on any atom is -0.0991 e. The van der Waals surface area contributed by atoms with E-state index in [2.05, 4.69) is 153 Å². The number of hydrogen-bond acceptors (Lipinski definition) is 0. The smallest absolute Gasteiger partial charge is 0.00204 e. The van der Waals surface area contributed by atoms with Crippen LogP contribution in [0.2, 0.25) is 0 Å². The Hall–Kier alpha value is -5.20. The van der Waals surface area contributed by atoms with Crippen molar-refractivity contribution in [1.29, 1.82) is 0 Å². The Morgan fingerprint density at radius 2 is 1.07 bits per heavy atom. The molecule has 0 fully saturated rings. The van der Waals surface area contributed by atoms with Gasteiger partial charge in [0.2, 0.25) is 0 Å². The Kier molecular flexibility index (Phi) is 6.30. The fraction of sp³-hybridized carbons (Fsp3) is 0.0244. The predicted molar refractivity (Wildman–Crippen MR) is 179 cm³/mol. The minimum absolute atomic E-state index is 1.22. The van der Waals surface area contributed by atoms with E-state index in [9.17, 15) is 0 Å². The van der Waals surface area contributed by atoms with Crippen LogP contribution in [0.4, 0.5) is 0 Å². The van der Waals surface area contributed by atoms with Crippen molar-refractivity contribution in [1.82, 2.24) is 0 Å². The van der Waals surface area contributed by atoms with Crippen LogP contribution in [0.3, 0.4) is 0 Å². The van der Waals surface area contributed by atoms with Gasteiger partial charge in [0.05, 0.1) is 0 Å². The second kappa shape index (κ2) is 10.4. The Morgan fingerprint density at radius 3 is 1.88 bits per heavy atom. The molecule has 0 amide bonds. The summed E-state index contributed by atoms with van der Waals surface area (Å²) in [6.45, 7) is 6.08. The normalized spacial score (nSPS) is 11.5. The fourth-order valence-corrected chi connectivity index (χ4v) is 6.22. The maximum atomic E-state index is 3.90. The van der Waals surface area contributed by atoms with Crippen molar-refractivity contribution in [2.75, 3.05) is 0 Å². The average Bonchev–Trinajstić information content (AvgIpc) is 3.03. The van der Waals surface area contributed by atoms with Gasteiger partial charge in [-0.3, -0.25) is 0 Å². The summed E-state index contributed by atoms with van der Waals surface area (Å²) < 4.78 is 0. The molecule has 41 heavy (non-hydrogen) atoms. The van der Waals surface area contributed by atoms with Crippen LogP contribution < -0.4 is 0 Å². The van der Waals surface area contributed by atoms with E-state index in [1.54, 1.807) is 0 Å². The lowest BCUT2D eigenvalue weighted by Gasteiger charge is -2.17. The molecule has 0 aliphatic rings. The molecule has 0 saturated heterocycles. The number of aryl methyl sites for hydroxylation is 1. The zero-order valence-electron chi connectivity index (χ0n) is 23.1. The number of allylic oxidation sites excluding steroid dienone is 2. The van der Waals surface area contributed by atoms with Crippen LogP contribution in [0.5, 0.6) is 0 Å². The molecule has 0 aromatic heterocycles. The highest BCUT2D eigenvalue weighted by Gasteiger charge is 2.15. The number of hydrogen-bond donors (Lipinski definition) is 0. The lowest BCUT2D eigenvalue weighted by Crippen LogP contribution is -1.92. The molecule has 0 unspecified atom stereocenters. The first-order valence-corrected chi connectivity index (χ1v) is 14.1. The van der Waals surface area contributed by atoms with E-state index >= 15 is 0 Å². The highest BCUT2D eigenvalue weighted by Crippen LogP contribution is 2.42. The zero-order chi connectivity index (χ0) is 27.8. The highest BCUT2D eigenvalue weighted by atomic mass is 14.2. The Bertz CT molecular complexity index is 2100. The quantitative estimate of drug-likeness (QED) is 0.156. The minimum atomic E-state index is 1.22. The van der Waals surface area contributed by atoms with Crippen LogP contribution >= 0.6 is 0 Å². The number of benzene rings is 7. The van der Waals surface area contributed by atoms with Crippen LogP contribution in [-0.2, 0) is 0 Å². The largest absolute Gasteiger partial charge is 0.0991 e. The van der Waals surface area contributed by atoms with Crippen molar-refractivity contribution in [3.8, 4) is 33.4 Å². The molecule has 194 valence electrons. The topological polar surface area (TPSA) is 0 Å². The molecule has 0 heteroatoms. The van der Waals surface area contributed by atoms with Gasteiger partial charge in [0.1, 0.15) is 0 Å². The van der Waals surface area contributed by atoms with Crippen LogP contribution in [0.25, 0.3) is 71.8 Å². The van der Waals surface area contributed by atoms with Crippen molar-refractivity contribution < 1.29 is 0 Å². The molecule has 0 nitrogen and oxygen atoms in total. The maximum Gasteiger partial charge on any atom is -0.00204 e. The Labute approximate surface area is 241 Å². The van der Waals surface area contributed by atoms with E-state index in [1.165, 1.54) is 76.8 Å². The number of rotatable bonds is 5. The average molecular weight is 523 g/mol. The van der Waals surface area contributed by atoms with Gasteiger partial charge >= 0.3 is 0 Å². The second-order valence-electron chi connectivity index (χ2n) is 10.6. The monoisotopic (exact) mass is 522 g/mol. The molecule has 0 N–H and O–H groups in total. The standard InChI is InChI=1S/C41H30/c1-3-4-16-33-28(2)12-9-20-37(33)38-21-11-22-39-40(27-32-14-6-8-18-36(32)41(38)39)31-25-23-30(24-26-31)35-19-10-15-29-13-5-7-17-34(29)35/h3-27H,1H2,2H3/b16-4-. The molecule has 0 heterocycles. The second-order valence-corrected chi connectivity index (χ2v) is 10.6. The Morgan fingerprint density at radius 1 is 0.488 bits per heavy atom. The van der Waals surface area contributed by atoms with Gasteiger partial charge in [-0.15, -0.1) is 0 Å². The summed E-state index contributed by atoms with van der Waals surface area (Å²) in [5.41, 5.74) is 9.94. The van der Waals surface area contributed by atoms with Crippen LogP contribution in [-0.4, -0.2) is 0 Å². The van der Waals surface area contributed by atoms with Gasteiger partial charge in [0.25, 0.3) is 0 Å². The SMILES string of the molecule is C=C/C=C\c1c(C)cccc1-c1cccc2c(-c3ccc(-c4cccc5ccccc45)cc3)cc3ccccc3c12. The van der Waals surface area contributed by atoms with Gasteiger partial charge in [0.15, 0.2) is 0 Å². The molecule has 7 aromatic carbocycles. The first kappa shape index (κ1) is 24.8. The summed E-state index contributed by atoms with van der Waals surface area (Å²) >= 11 is 0. The van der Waals surface area contributed by atoms with Crippen LogP contribution in [0, 0.1) is 6.92 Å². The summed E-state index contributed by atoms with van der Waals surface area (Å²) in [4.78, 5) is 0. The van der Waals surface area contributed by atoms with E-state index in [0.29, 0.717) is 0 Å². The predicted octanol–water partition coefficient (Wildman–Crippen LogP) is 11.7. The van der Waals surface area contributed by atoms with Gasteiger partial charge in [-0.2, -0.15) is 0 Å². The number of fused-ring (bicyclic) bond motifs is 4. The molecule has 0 atom stereocenters. The van der Waals surface area contributed by atoms with Crippen LogP contribution in [0.1, 0.15) is 11.1 Å². The summed E-state index contributed by atoms with van der Waals surface area (Å²) in [6, 6.07) is 48.7. The molecule has 0 bridgehead atoms. The van der Waals surface area contributed by atoms with Gasteiger partial charge in [-0.05, 0) is 89.8 Å². The molecule has 0 aliphatic heterocycles. The fourth-order valence-electron chi connectivity index (χ4n) is 6.22. The molecule has 7 rings (SSSR count). The van der Waals surface area contributed by atoms with Gasteiger partial charge in [0, 0.05) is 0 Å². The van der Waals surface area contributed by atoms with Gasteiger partial charge in [-0.25, -0.2) is 0 Å². The first-order chi connectivity index (χ1) is 20.2. The van der Waals surface area contributed by atoms with Crippen molar-refractivity contribution >= 4 is 38.4 Å². The van der Waals surface area contributed by atoms with Crippen molar-refractivity contribution in [2.45, 2.75) is 6.92 Å². The maximum absolute atomic E-state index is 3.90. The summed E-state index contributed by atoms with van der Waals surface area (Å²) in [5.74, 6) is 0. The molecule has 0 saturated carbocycles. The molecule has 0 spiro atoms. The lowest BCUT2D eigenvalue weighted by atomic mass is 9.86. The highest BCUT2D eigenvalue weighted by molar-refractivity contribution is 6.19. The molecular weight excluding hydrogens is 492 g/mol. The summed E-state index contributed by atoms with van der Waals surface area (Å²) in [5, 5.41) is 7.62. The molecular formula is C41H30. The van der Waals surface area contributed by atoms with Crippen molar-refractivity contribution in [3.63, 3.8) is 0 Å². The van der Waals surface area contributed by atoms with E-state index in [4.69, 9.17) is 0 Å². The summed E-state index contributed by atoms with van der Waals surface area (Å²) in [7, 11) is 0. The van der Waals surface area contributed by atoms with E-state index in [-0.39, 0.29) is 0 Å². The Balaban J connectivity index is 1.45. The first-order valence-electron chi connectivity index (χ1n) is 14.1. The van der Waals surface area contributed by atoms with Gasteiger partial charge in [-0.1, -0.05) is 152 Å². The zero-order valence-corrected chi connectivity index (χ0v) is 23.1. The van der Waals surface area contributed by atoms with Crippen molar-refractivity contribution in [2.24, 2.45) is 0 Å². The molecule has 0 aliphatic carbocycles. The van der Waals surface area contributed by atoms with Gasteiger partial charge < -0.3 is 0 Å².